The summed E-state index contributed by atoms with van der Waals surface area (Å²) in [6, 6.07) is 17.0. The highest BCUT2D eigenvalue weighted by Gasteiger charge is 2.51. The van der Waals surface area contributed by atoms with Gasteiger partial charge in [-0.2, -0.15) is 0 Å². The molecule has 0 N–H and O–H groups in total. The van der Waals surface area contributed by atoms with E-state index >= 15 is 0 Å². The highest BCUT2D eigenvalue weighted by Crippen LogP contribution is 2.63. The Morgan fingerprint density at radius 2 is 1.16 bits per heavy atom. The molecule has 2 bridgehead atoms. The quantitative estimate of drug-likeness (QED) is 0.269. The number of hydrogen-bond donors (Lipinski definition) is 0. The third kappa shape index (κ3) is 1.77. The fourth-order valence-electron chi connectivity index (χ4n) is 4.71. The van der Waals surface area contributed by atoms with Gasteiger partial charge in [-0.1, -0.05) is 94.9 Å². The van der Waals surface area contributed by atoms with Crippen LogP contribution in [0.5, 0.6) is 0 Å². The average Bonchev–Trinajstić information content (AvgIpc) is 2.64. The van der Waals surface area contributed by atoms with Crippen LogP contribution in [0.1, 0.15) is 46.2 Å². The fourth-order valence-corrected chi connectivity index (χ4v) is 5.88. The van der Waals surface area contributed by atoms with E-state index in [1.54, 1.807) is 0 Å². The van der Waals surface area contributed by atoms with Crippen LogP contribution in [0.2, 0.25) is 20.1 Å². The summed E-state index contributed by atoms with van der Waals surface area (Å²) in [5, 5.41) is 1.67. The first-order valence-corrected chi connectivity index (χ1v) is 9.54. The SMILES string of the molecule is CC12c3ccccc3C(c3ccccc31)c1c(Cl)c(Cl)c(Cl)c(Cl)c12. The molecule has 0 aromatic heterocycles. The van der Waals surface area contributed by atoms with Gasteiger partial charge in [0.1, 0.15) is 0 Å². The van der Waals surface area contributed by atoms with Crippen LogP contribution in [0.25, 0.3) is 0 Å². The Balaban J connectivity index is 2.04. The van der Waals surface area contributed by atoms with Gasteiger partial charge in [0.2, 0.25) is 0 Å². The Labute approximate surface area is 166 Å². The molecule has 124 valence electrons. The number of hydrogen-bond acceptors (Lipinski definition) is 0. The van der Waals surface area contributed by atoms with E-state index < -0.39 is 5.41 Å². The number of benzene rings is 3. The zero-order valence-electron chi connectivity index (χ0n) is 13.2. The van der Waals surface area contributed by atoms with Gasteiger partial charge in [0.05, 0.1) is 20.1 Å². The van der Waals surface area contributed by atoms with Gasteiger partial charge in [-0.15, -0.1) is 0 Å². The van der Waals surface area contributed by atoms with Crippen LogP contribution in [0.15, 0.2) is 48.5 Å². The lowest BCUT2D eigenvalue weighted by molar-refractivity contribution is 0.594. The molecule has 4 heteroatoms. The normalized spacial score (nSPS) is 22.4. The van der Waals surface area contributed by atoms with Crippen LogP contribution in [0.3, 0.4) is 0 Å². The third-order valence-corrected chi connectivity index (χ3v) is 7.53. The van der Waals surface area contributed by atoms with Gasteiger partial charge in [0, 0.05) is 11.3 Å². The predicted octanol–water partition coefficient (Wildman–Crippen LogP) is 7.46. The monoisotopic (exact) mass is 404 g/mol. The summed E-state index contributed by atoms with van der Waals surface area (Å²) in [7, 11) is 0. The molecule has 3 aromatic rings. The maximum atomic E-state index is 6.73. The highest BCUT2D eigenvalue weighted by atomic mass is 35.5. The van der Waals surface area contributed by atoms with E-state index in [0.717, 1.165) is 11.1 Å². The zero-order valence-corrected chi connectivity index (χ0v) is 16.2. The predicted molar refractivity (Wildman–Crippen MR) is 106 cm³/mol. The second kappa shape index (κ2) is 5.18. The average molecular weight is 406 g/mol. The van der Waals surface area contributed by atoms with Crippen molar-refractivity contribution in [1.82, 2.24) is 0 Å². The molecule has 0 amide bonds. The molecule has 0 aliphatic heterocycles. The van der Waals surface area contributed by atoms with Gasteiger partial charge in [0.15, 0.2) is 0 Å². The van der Waals surface area contributed by atoms with Crippen LogP contribution in [0.4, 0.5) is 0 Å². The fraction of sp³-hybridized carbons (Fsp3) is 0.143. The Morgan fingerprint density at radius 1 is 0.680 bits per heavy atom. The van der Waals surface area contributed by atoms with Crippen molar-refractivity contribution in [3.63, 3.8) is 0 Å². The summed E-state index contributed by atoms with van der Waals surface area (Å²) < 4.78 is 0. The first-order valence-electron chi connectivity index (χ1n) is 8.03. The third-order valence-electron chi connectivity index (χ3n) is 5.71. The lowest BCUT2D eigenvalue weighted by Crippen LogP contribution is -2.40. The molecule has 0 heterocycles. The largest absolute Gasteiger partial charge is 0.0823 e. The summed E-state index contributed by atoms with van der Waals surface area (Å²) in [6.45, 7) is 2.20. The molecular formula is C21H12Cl4. The van der Waals surface area contributed by atoms with Crippen LogP contribution >= 0.6 is 46.4 Å². The van der Waals surface area contributed by atoms with Crippen molar-refractivity contribution in [2.24, 2.45) is 0 Å². The van der Waals surface area contributed by atoms with E-state index in [0.29, 0.717) is 20.1 Å². The maximum Gasteiger partial charge on any atom is 0.0797 e. The molecular weight excluding hydrogens is 394 g/mol. The summed E-state index contributed by atoms with van der Waals surface area (Å²) in [6.07, 6.45) is 0. The van der Waals surface area contributed by atoms with E-state index in [4.69, 9.17) is 46.4 Å². The van der Waals surface area contributed by atoms with E-state index in [2.05, 4.69) is 55.5 Å². The highest BCUT2D eigenvalue weighted by molar-refractivity contribution is 6.52. The topological polar surface area (TPSA) is 0 Å². The van der Waals surface area contributed by atoms with Crippen LogP contribution < -0.4 is 0 Å². The lowest BCUT2D eigenvalue weighted by Gasteiger charge is -2.49. The summed E-state index contributed by atoms with van der Waals surface area (Å²) >= 11 is 26.3. The van der Waals surface area contributed by atoms with E-state index in [-0.39, 0.29) is 5.92 Å². The summed E-state index contributed by atoms with van der Waals surface area (Å²) in [5.74, 6) is 0.0176. The second-order valence-electron chi connectivity index (χ2n) is 6.78. The van der Waals surface area contributed by atoms with Gasteiger partial charge in [-0.3, -0.25) is 0 Å². The second-order valence-corrected chi connectivity index (χ2v) is 8.29. The molecule has 3 aliphatic rings. The minimum atomic E-state index is -0.410. The Hall–Kier alpha value is -1.18. The molecule has 0 spiro atoms. The van der Waals surface area contributed by atoms with Crippen molar-refractivity contribution in [2.75, 3.05) is 0 Å². The molecule has 0 saturated carbocycles. The molecule has 0 radical (unpaired) electrons. The Morgan fingerprint density at radius 3 is 1.72 bits per heavy atom. The number of halogens is 4. The molecule has 3 aliphatic carbocycles. The number of rotatable bonds is 0. The Kier molecular flexibility index (Phi) is 3.32. The minimum absolute atomic E-state index is 0.0176. The van der Waals surface area contributed by atoms with Gasteiger partial charge < -0.3 is 0 Å². The standard InChI is InChI=1S/C21H12Cl4/c1-21-12-8-4-2-6-10(12)14(11-7-3-5-9-13(11)21)15-16(21)18(23)20(25)19(24)17(15)22/h2-9,14H,1H3. The van der Waals surface area contributed by atoms with Crippen molar-refractivity contribution < 1.29 is 0 Å². The summed E-state index contributed by atoms with van der Waals surface area (Å²) in [5.41, 5.74) is 6.58. The van der Waals surface area contributed by atoms with Crippen LogP contribution in [-0.4, -0.2) is 0 Å². The van der Waals surface area contributed by atoms with E-state index in [1.165, 1.54) is 22.3 Å². The van der Waals surface area contributed by atoms with Gasteiger partial charge in [0.25, 0.3) is 0 Å². The summed E-state index contributed by atoms with van der Waals surface area (Å²) in [4.78, 5) is 0. The van der Waals surface area contributed by atoms with E-state index in [9.17, 15) is 0 Å². The van der Waals surface area contributed by atoms with Crippen LogP contribution in [-0.2, 0) is 5.41 Å². The van der Waals surface area contributed by atoms with Gasteiger partial charge >= 0.3 is 0 Å². The maximum absolute atomic E-state index is 6.73. The van der Waals surface area contributed by atoms with Gasteiger partial charge in [-0.25, -0.2) is 0 Å². The van der Waals surface area contributed by atoms with Crippen LogP contribution in [0, 0.1) is 0 Å². The first kappa shape index (κ1) is 16.0. The van der Waals surface area contributed by atoms with Crippen molar-refractivity contribution in [3.05, 3.63) is 102 Å². The molecule has 0 fully saturated rings. The molecule has 0 saturated heterocycles. The van der Waals surface area contributed by atoms with Crippen molar-refractivity contribution in [2.45, 2.75) is 18.3 Å². The molecule has 0 atom stereocenters. The van der Waals surface area contributed by atoms with E-state index in [1.807, 2.05) is 0 Å². The minimum Gasteiger partial charge on any atom is -0.0823 e. The van der Waals surface area contributed by atoms with Crippen molar-refractivity contribution in [3.8, 4) is 0 Å². The Bertz CT molecular complexity index is 1020. The zero-order chi connectivity index (χ0) is 17.5. The van der Waals surface area contributed by atoms with Crippen molar-refractivity contribution in [1.29, 1.82) is 0 Å². The molecule has 0 nitrogen and oxygen atoms in total. The lowest BCUT2D eigenvalue weighted by atomic mass is 9.54. The molecule has 0 unspecified atom stereocenters. The first-order chi connectivity index (χ1) is 12.0. The molecule has 25 heavy (non-hydrogen) atoms. The van der Waals surface area contributed by atoms with Crippen molar-refractivity contribution >= 4 is 46.4 Å². The molecule has 3 aromatic carbocycles. The molecule has 6 rings (SSSR count). The smallest absolute Gasteiger partial charge is 0.0797 e. The van der Waals surface area contributed by atoms with Gasteiger partial charge in [-0.05, 0) is 40.3 Å².